The number of para-hydroxylation sites is 2. The number of thioether (sulfide) groups is 1. The normalized spacial score (nSPS) is 14.3. The predicted molar refractivity (Wildman–Crippen MR) is 92.3 cm³/mol. The van der Waals surface area contributed by atoms with Crippen LogP contribution in [0.4, 0.5) is 24.5 Å². The lowest BCUT2D eigenvalue weighted by Gasteiger charge is -2.29. The van der Waals surface area contributed by atoms with E-state index in [0.29, 0.717) is 5.69 Å². The largest absolute Gasteiger partial charge is 0.418 e. The second-order valence-corrected chi connectivity index (χ2v) is 6.36. The number of alkyl halides is 3. The summed E-state index contributed by atoms with van der Waals surface area (Å²) in [5.41, 5.74) is -0.446. The Morgan fingerprint density at radius 3 is 2.54 bits per heavy atom. The molecule has 1 heterocycles. The summed E-state index contributed by atoms with van der Waals surface area (Å²) in [6.07, 6.45) is -4.52. The van der Waals surface area contributed by atoms with Crippen molar-refractivity contribution in [3.05, 3.63) is 54.1 Å². The molecular formula is C16H11F3N2OS2. The molecule has 0 fully saturated rings. The molecule has 8 heteroatoms. The lowest BCUT2D eigenvalue weighted by Crippen LogP contribution is -2.43. The van der Waals surface area contributed by atoms with Gasteiger partial charge in [0, 0.05) is 4.90 Å². The van der Waals surface area contributed by atoms with Crippen molar-refractivity contribution in [2.45, 2.75) is 11.1 Å². The summed E-state index contributed by atoms with van der Waals surface area (Å²) in [5, 5.41) is 2.49. The van der Waals surface area contributed by atoms with Gasteiger partial charge < -0.3 is 5.32 Å². The first-order chi connectivity index (χ1) is 11.4. The Bertz CT molecular complexity index is 808. The van der Waals surface area contributed by atoms with Crippen molar-refractivity contribution in [2.24, 2.45) is 0 Å². The number of hydrogen-bond acceptors (Lipinski definition) is 3. The molecule has 3 nitrogen and oxygen atoms in total. The van der Waals surface area contributed by atoms with Crippen LogP contribution in [0.25, 0.3) is 0 Å². The number of carbonyl (C=O) groups excluding carboxylic acids is 1. The van der Waals surface area contributed by atoms with E-state index in [-0.39, 0.29) is 22.5 Å². The third-order valence-corrected chi connectivity index (χ3v) is 4.72. The average Bonchev–Trinajstić information content (AvgIpc) is 2.54. The van der Waals surface area contributed by atoms with E-state index in [1.807, 2.05) is 12.1 Å². The molecule has 1 aliphatic heterocycles. The monoisotopic (exact) mass is 368 g/mol. The zero-order valence-corrected chi connectivity index (χ0v) is 13.8. The Balaban J connectivity index is 1.93. The minimum absolute atomic E-state index is 0.0792. The Hall–Kier alpha value is -2.06. The summed E-state index contributed by atoms with van der Waals surface area (Å²) in [4.78, 5) is 14.3. The van der Waals surface area contributed by atoms with Gasteiger partial charge in [0.15, 0.2) is 5.11 Å². The Kier molecular flexibility index (Phi) is 4.51. The number of carbonyl (C=O) groups is 1. The van der Waals surface area contributed by atoms with E-state index in [9.17, 15) is 18.0 Å². The Labute approximate surface area is 145 Å². The van der Waals surface area contributed by atoms with E-state index < -0.39 is 11.7 Å². The molecule has 124 valence electrons. The van der Waals surface area contributed by atoms with Crippen LogP contribution in [0.3, 0.4) is 0 Å². The fraction of sp³-hybridized carbons (Fsp3) is 0.125. The van der Waals surface area contributed by atoms with Crippen molar-refractivity contribution in [2.75, 3.05) is 16.0 Å². The van der Waals surface area contributed by atoms with Crippen LogP contribution in [0.2, 0.25) is 0 Å². The highest BCUT2D eigenvalue weighted by Gasteiger charge is 2.34. The molecule has 0 spiro atoms. The van der Waals surface area contributed by atoms with Gasteiger partial charge in [0.1, 0.15) is 0 Å². The van der Waals surface area contributed by atoms with E-state index in [1.54, 1.807) is 12.1 Å². The van der Waals surface area contributed by atoms with Gasteiger partial charge in [-0.15, -0.1) is 11.8 Å². The van der Waals surface area contributed by atoms with E-state index in [0.717, 1.165) is 11.0 Å². The molecule has 0 saturated heterocycles. The topological polar surface area (TPSA) is 32.3 Å². The first-order valence-corrected chi connectivity index (χ1v) is 8.29. The van der Waals surface area contributed by atoms with Crippen LogP contribution in [0.5, 0.6) is 0 Å². The summed E-state index contributed by atoms with van der Waals surface area (Å²) in [6.45, 7) is 0. The quantitative estimate of drug-likeness (QED) is 0.749. The van der Waals surface area contributed by atoms with Gasteiger partial charge in [-0.05, 0) is 36.5 Å². The summed E-state index contributed by atoms with van der Waals surface area (Å²) in [5.74, 6) is -0.0968. The second-order valence-electron chi connectivity index (χ2n) is 4.96. The van der Waals surface area contributed by atoms with Crippen molar-refractivity contribution < 1.29 is 18.0 Å². The minimum atomic E-state index is -4.52. The molecule has 3 rings (SSSR count). The van der Waals surface area contributed by atoms with Crippen LogP contribution in [0, 0.1) is 0 Å². The highest BCUT2D eigenvalue weighted by atomic mass is 32.2. The summed E-state index contributed by atoms with van der Waals surface area (Å²) in [7, 11) is 0. The van der Waals surface area contributed by atoms with Crippen molar-refractivity contribution in [1.29, 1.82) is 0 Å². The third-order valence-electron chi connectivity index (χ3n) is 3.38. The molecule has 0 atom stereocenters. The number of thiocarbonyl (C=S) groups is 1. The molecule has 0 radical (unpaired) electrons. The fourth-order valence-corrected chi connectivity index (χ4v) is 3.54. The van der Waals surface area contributed by atoms with Crippen molar-refractivity contribution in [3.63, 3.8) is 0 Å². The number of nitrogens with one attached hydrogen (secondary N) is 1. The molecule has 1 aliphatic rings. The fourth-order valence-electron chi connectivity index (χ4n) is 2.34. The molecule has 0 aromatic heterocycles. The van der Waals surface area contributed by atoms with E-state index in [1.165, 1.54) is 34.9 Å². The number of halogens is 3. The maximum Gasteiger partial charge on any atom is 0.418 e. The molecule has 1 amide bonds. The van der Waals surface area contributed by atoms with Gasteiger partial charge in [0.2, 0.25) is 5.91 Å². The standard InChI is InChI=1S/C16H11F3N2OS2/c17-16(18,19)10-5-1-2-6-11(10)20-15(23)21-12-7-3-4-8-13(12)24-9-14(21)22/h1-8H,9H2,(H,20,23). The van der Waals surface area contributed by atoms with Gasteiger partial charge >= 0.3 is 6.18 Å². The number of fused-ring (bicyclic) bond motifs is 1. The number of hydrogen-bond donors (Lipinski definition) is 1. The average molecular weight is 368 g/mol. The number of nitrogens with zero attached hydrogens (tertiary/aromatic N) is 1. The Morgan fingerprint density at radius 1 is 1.12 bits per heavy atom. The van der Waals surface area contributed by atoms with Crippen LogP contribution in [-0.2, 0) is 11.0 Å². The summed E-state index contributed by atoms with van der Waals surface area (Å²) in [6, 6.07) is 12.1. The molecule has 0 aliphatic carbocycles. The van der Waals surface area contributed by atoms with Crippen LogP contribution in [0.15, 0.2) is 53.4 Å². The highest BCUT2D eigenvalue weighted by molar-refractivity contribution is 8.00. The van der Waals surface area contributed by atoms with Gasteiger partial charge in [0.05, 0.1) is 22.7 Å². The first-order valence-electron chi connectivity index (χ1n) is 6.90. The van der Waals surface area contributed by atoms with Gasteiger partial charge in [-0.1, -0.05) is 24.3 Å². The van der Waals surface area contributed by atoms with Crippen LogP contribution < -0.4 is 10.2 Å². The molecule has 1 N–H and O–H groups in total. The molecule has 24 heavy (non-hydrogen) atoms. The van der Waals surface area contributed by atoms with E-state index >= 15 is 0 Å². The third kappa shape index (κ3) is 3.25. The van der Waals surface area contributed by atoms with E-state index in [4.69, 9.17) is 12.2 Å². The highest BCUT2D eigenvalue weighted by Crippen LogP contribution is 2.37. The van der Waals surface area contributed by atoms with Gasteiger partial charge in [0.25, 0.3) is 0 Å². The Morgan fingerprint density at radius 2 is 1.79 bits per heavy atom. The smallest absolute Gasteiger partial charge is 0.331 e. The number of anilines is 2. The SMILES string of the molecule is O=C1CSc2ccccc2N1C(=S)Nc1ccccc1C(F)(F)F. The van der Waals surface area contributed by atoms with Crippen LogP contribution in [-0.4, -0.2) is 16.8 Å². The molecular weight excluding hydrogens is 357 g/mol. The lowest BCUT2D eigenvalue weighted by atomic mass is 10.1. The van der Waals surface area contributed by atoms with Crippen LogP contribution in [0.1, 0.15) is 5.56 Å². The molecule has 0 bridgehead atoms. The zero-order valence-electron chi connectivity index (χ0n) is 12.1. The van der Waals surface area contributed by atoms with Crippen LogP contribution >= 0.6 is 24.0 Å². The number of amides is 1. The predicted octanol–water partition coefficient (Wildman–Crippen LogP) is 4.54. The van der Waals surface area contributed by atoms with Gasteiger partial charge in [-0.2, -0.15) is 13.2 Å². The van der Waals surface area contributed by atoms with E-state index in [2.05, 4.69) is 5.32 Å². The zero-order chi connectivity index (χ0) is 17.3. The summed E-state index contributed by atoms with van der Waals surface area (Å²) >= 11 is 6.58. The maximum atomic E-state index is 13.1. The summed E-state index contributed by atoms with van der Waals surface area (Å²) < 4.78 is 39.3. The van der Waals surface area contributed by atoms with Crippen molar-refractivity contribution >= 4 is 46.4 Å². The molecule has 2 aromatic rings. The maximum absolute atomic E-state index is 13.1. The number of rotatable bonds is 1. The van der Waals surface area contributed by atoms with Gasteiger partial charge in [-0.3, -0.25) is 9.69 Å². The lowest BCUT2D eigenvalue weighted by molar-refractivity contribution is -0.136. The van der Waals surface area contributed by atoms with Crippen molar-refractivity contribution in [1.82, 2.24) is 0 Å². The first kappa shape index (κ1) is 16.8. The second kappa shape index (κ2) is 6.45. The van der Waals surface area contributed by atoms with Gasteiger partial charge in [-0.25, -0.2) is 0 Å². The van der Waals surface area contributed by atoms with Crippen molar-refractivity contribution in [3.8, 4) is 0 Å². The molecule has 0 saturated carbocycles. The molecule has 0 unspecified atom stereocenters. The molecule has 2 aromatic carbocycles. The minimum Gasteiger partial charge on any atom is -0.331 e. The number of benzene rings is 2.